The van der Waals surface area contributed by atoms with E-state index >= 15 is 0 Å². The lowest BCUT2D eigenvalue weighted by Gasteiger charge is -2.44. The molecule has 0 aromatic rings. The minimum Gasteiger partial charge on any atom is -0.351 e. The number of halogens is 1. The molecule has 2 fully saturated rings. The van der Waals surface area contributed by atoms with Crippen LogP contribution in [0.3, 0.4) is 0 Å². The number of rotatable bonds is 4. The molecule has 118 valence electrons. The van der Waals surface area contributed by atoms with Gasteiger partial charge >= 0.3 is 0 Å². The second-order valence-corrected chi connectivity index (χ2v) is 7.32. The van der Waals surface area contributed by atoms with Crippen LogP contribution in [0.1, 0.15) is 65.7 Å². The van der Waals surface area contributed by atoms with Gasteiger partial charge in [-0.25, -0.2) is 0 Å². The summed E-state index contributed by atoms with van der Waals surface area (Å²) < 4.78 is 0. The van der Waals surface area contributed by atoms with Gasteiger partial charge in [0.1, 0.15) is 0 Å². The fourth-order valence-electron chi connectivity index (χ4n) is 4.13. The van der Waals surface area contributed by atoms with Gasteiger partial charge in [0.05, 0.1) is 0 Å². The first kappa shape index (κ1) is 17.8. The Labute approximate surface area is 129 Å². The van der Waals surface area contributed by atoms with E-state index in [2.05, 4.69) is 26.1 Å². The number of fused-ring (bicyclic) bond motifs is 2. The molecule has 2 unspecified atom stereocenters. The van der Waals surface area contributed by atoms with Crippen LogP contribution in [0.15, 0.2) is 0 Å². The van der Waals surface area contributed by atoms with Crippen LogP contribution in [-0.4, -0.2) is 17.5 Å². The lowest BCUT2D eigenvalue weighted by atomic mass is 9.65. The zero-order valence-corrected chi connectivity index (χ0v) is 14.0. The van der Waals surface area contributed by atoms with Crippen LogP contribution in [0.4, 0.5) is 0 Å². The number of hydrogen-bond donors (Lipinski definition) is 2. The molecule has 20 heavy (non-hydrogen) atoms. The van der Waals surface area contributed by atoms with Crippen LogP contribution in [0.25, 0.3) is 0 Å². The molecule has 0 aliphatic heterocycles. The van der Waals surface area contributed by atoms with E-state index in [1.165, 1.54) is 19.3 Å². The molecule has 4 heteroatoms. The number of carbonyl (C=O) groups excluding carboxylic acids is 1. The molecule has 2 saturated carbocycles. The summed E-state index contributed by atoms with van der Waals surface area (Å²) in [5, 5.41) is 3.25. The van der Waals surface area contributed by atoms with Crippen molar-refractivity contribution < 1.29 is 4.79 Å². The molecule has 0 spiro atoms. The summed E-state index contributed by atoms with van der Waals surface area (Å²) in [6.45, 7) is 6.42. The SMILES string of the molecule is CCCC(C)(C)NC(=O)C1CC2CCCC(C1)C2N.Cl. The van der Waals surface area contributed by atoms with Gasteiger partial charge in [0.15, 0.2) is 0 Å². The summed E-state index contributed by atoms with van der Waals surface area (Å²) in [5.74, 6) is 1.63. The normalized spacial score (nSPS) is 33.2. The largest absolute Gasteiger partial charge is 0.351 e. The molecular formula is C16H31ClN2O. The van der Waals surface area contributed by atoms with Crippen molar-refractivity contribution >= 4 is 18.3 Å². The molecule has 0 aromatic carbocycles. The van der Waals surface area contributed by atoms with E-state index in [1.54, 1.807) is 0 Å². The third-order valence-electron chi connectivity index (χ3n) is 5.12. The lowest BCUT2D eigenvalue weighted by molar-refractivity contribution is -0.129. The Bertz CT molecular complexity index is 318. The van der Waals surface area contributed by atoms with E-state index in [1.807, 2.05) is 0 Å². The third-order valence-corrected chi connectivity index (χ3v) is 5.12. The van der Waals surface area contributed by atoms with Crippen molar-refractivity contribution in [2.24, 2.45) is 23.5 Å². The fourth-order valence-corrected chi connectivity index (χ4v) is 4.13. The number of carbonyl (C=O) groups is 1. The Kier molecular flexibility index (Phi) is 6.33. The first-order chi connectivity index (χ1) is 8.93. The van der Waals surface area contributed by atoms with Crippen molar-refractivity contribution in [2.45, 2.75) is 77.3 Å². The van der Waals surface area contributed by atoms with E-state index in [-0.39, 0.29) is 29.8 Å². The summed E-state index contributed by atoms with van der Waals surface area (Å²) >= 11 is 0. The molecule has 3 nitrogen and oxygen atoms in total. The van der Waals surface area contributed by atoms with Gasteiger partial charge in [-0.1, -0.05) is 19.8 Å². The Morgan fingerprint density at radius 2 is 1.80 bits per heavy atom. The minimum atomic E-state index is -0.0689. The maximum Gasteiger partial charge on any atom is 0.223 e. The quantitative estimate of drug-likeness (QED) is 0.837. The molecule has 0 radical (unpaired) electrons. The van der Waals surface area contributed by atoms with Gasteiger partial charge in [-0.2, -0.15) is 0 Å². The molecule has 0 aromatic heterocycles. The molecule has 2 aliphatic rings. The summed E-state index contributed by atoms with van der Waals surface area (Å²) in [6.07, 6.45) is 7.90. The molecule has 0 saturated heterocycles. The zero-order valence-electron chi connectivity index (χ0n) is 13.2. The highest BCUT2D eigenvalue weighted by molar-refractivity contribution is 5.85. The predicted octanol–water partition coefficient (Wildman–Crippen LogP) is 3.26. The van der Waals surface area contributed by atoms with E-state index in [0.717, 1.165) is 25.7 Å². The van der Waals surface area contributed by atoms with E-state index in [4.69, 9.17) is 5.73 Å². The molecular weight excluding hydrogens is 272 g/mol. The molecule has 0 heterocycles. The Morgan fingerprint density at radius 3 is 2.30 bits per heavy atom. The molecule has 2 atom stereocenters. The van der Waals surface area contributed by atoms with Gasteiger partial charge in [-0.05, 0) is 57.8 Å². The third kappa shape index (κ3) is 4.11. The van der Waals surface area contributed by atoms with Gasteiger partial charge in [0.2, 0.25) is 5.91 Å². The Hall–Kier alpha value is -0.280. The average molecular weight is 303 g/mol. The highest BCUT2D eigenvalue weighted by Crippen LogP contribution is 2.42. The van der Waals surface area contributed by atoms with Gasteiger partial charge in [-0.15, -0.1) is 12.4 Å². The standard InChI is InChI=1S/C16H30N2O.ClH/c1-4-8-16(2,3)18-15(19)13-9-11-6-5-7-12(10-13)14(11)17;/h11-14H,4-10,17H2,1-3H3,(H,18,19);1H. The summed E-state index contributed by atoms with van der Waals surface area (Å²) in [7, 11) is 0. The highest BCUT2D eigenvalue weighted by atomic mass is 35.5. The fraction of sp³-hybridized carbons (Fsp3) is 0.938. The zero-order chi connectivity index (χ0) is 14.0. The molecule has 2 aliphatic carbocycles. The van der Waals surface area contributed by atoms with Crippen molar-refractivity contribution in [1.29, 1.82) is 0 Å². The van der Waals surface area contributed by atoms with Crippen molar-refractivity contribution in [1.82, 2.24) is 5.32 Å². The summed E-state index contributed by atoms with van der Waals surface area (Å²) in [5.41, 5.74) is 6.22. The van der Waals surface area contributed by atoms with Crippen LogP contribution in [0.5, 0.6) is 0 Å². The van der Waals surface area contributed by atoms with Crippen molar-refractivity contribution in [3.63, 3.8) is 0 Å². The molecule has 2 bridgehead atoms. The number of amides is 1. The topological polar surface area (TPSA) is 55.1 Å². The van der Waals surface area contributed by atoms with E-state index in [9.17, 15) is 4.79 Å². The van der Waals surface area contributed by atoms with Crippen LogP contribution < -0.4 is 11.1 Å². The summed E-state index contributed by atoms with van der Waals surface area (Å²) in [4.78, 5) is 12.5. The van der Waals surface area contributed by atoms with Crippen molar-refractivity contribution in [2.75, 3.05) is 0 Å². The Morgan fingerprint density at radius 1 is 1.25 bits per heavy atom. The first-order valence-electron chi connectivity index (χ1n) is 8.00. The van der Waals surface area contributed by atoms with Gasteiger partial charge in [0.25, 0.3) is 0 Å². The van der Waals surface area contributed by atoms with E-state index < -0.39 is 0 Å². The average Bonchev–Trinajstić information content (AvgIpc) is 2.27. The van der Waals surface area contributed by atoms with Crippen LogP contribution in [-0.2, 0) is 4.79 Å². The van der Waals surface area contributed by atoms with Crippen molar-refractivity contribution in [3.8, 4) is 0 Å². The van der Waals surface area contributed by atoms with Crippen LogP contribution in [0.2, 0.25) is 0 Å². The van der Waals surface area contributed by atoms with Crippen LogP contribution in [0, 0.1) is 17.8 Å². The smallest absolute Gasteiger partial charge is 0.223 e. The molecule has 3 N–H and O–H groups in total. The summed E-state index contributed by atoms with van der Waals surface area (Å²) in [6, 6.07) is 0.349. The first-order valence-corrected chi connectivity index (χ1v) is 8.00. The van der Waals surface area contributed by atoms with Crippen molar-refractivity contribution in [3.05, 3.63) is 0 Å². The maximum absolute atomic E-state index is 12.5. The van der Waals surface area contributed by atoms with Crippen LogP contribution >= 0.6 is 12.4 Å². The number of nitrogens with two attached hydrogens (primary N) is 1. The monoisotopic (exact) mass is 302 g/mol. The van der Waals surface area contributed by atoms with Gasteiger partial charge < -0.3 is 11.1 Å². The molecule has 2 rings (SSSR count). The number of hydrogen-bond acceptors (Lipinski definition) is 2. The second-order valence-electron chi connectivity index (χ2n) is 7.32. The Balaban J connectivity index is 0.00000200. The lowest BCUT2D eigenvalue weighted by Crippen LogP contribution is -2.52. The van der Waals surface area contributed by atoms with Gasteiger partial charge in [0, 0.05) is 17.5 Å². The second kappa shape index (κ2) is 7.13. The maximum atomic E-state index is 12.5. The minimum absolute atomic E-state index is 0. The van der Waals surface area contributed by atoms with Gasteiger partial charge in [-0.3, -0.25) is 4.79 Å². The molecule has 1 amide bonds. The number of nitrogens with one attached hydrogen (secondary N) is 1. The predicted molar refractivity (Wildman–Crippen MR) is 85.9 cm³/mol. The highest BCUT2D eigenvalue weighted by Gasteiger charge is 2.41. The van der Waals surface area contributed by atoms with E-state index in [0.29, 0.717) is 17.9 Å².